The highest BCUT2D eigenvalue weighted by atomic mass is 19.1. The molecule has 0 aromatic rings. The van der Waals surface area contributed by atoms with Crippen LogP contribution < -0.4 is 5.32 Å². The average Bonchev–Trinajstić information content (AvgIpc) is 2.86. The summed E-state index contributed by atoms with van der Waals surface area (Å²) in [6.07, 6.45) is -0.425. The van der Waals surface area contributed by atoms with Crippen molar-refractivity contribution < 1.29 is 18.7 Å². The van der Waals surface area contributed by atoms with Crippen molar-refractivity contribution in [1.82, 2.24) is 10.2 Å². The van der Waals surface area contributed by atoms with E-state index in [4.69, 9.17) is 10.00 Å². The molecule has 1 heterocycles. The molecule has 1 rings (SSSR count). The lowest BCUT2D eigenvalue weighted by molar-refractivity contribution is -0.154. The number of likely N-dealkylation sites (tertiary alicyclic amines) is 1. The lowest BCUT2D eigenvalue weighted by atomic mass is 9.97. The Morgan fingerprint density at radius 3 is 2.58 bits per heavy atom. The number of hydrogen-bond acceptors (Lipinski definition) is 5. The third-order valence-corrected chi connectivity index (χ3v) is 4.05. The molecule has 0 aromatic carbocycles. The van der Waals surface area contributed by atoms with Crippen LogP contribution in [0, 0.1) is 17.2 Å². The van der Waals surface area contributed by atoms with E-state index < -0.39 is 29.8 Å². The van der Waals surface area contributed by atoms with E-state index in [1.54, 1.807) is 20.8 Å². The number of hydrogen-bond donors (Lipinski definition) is 1. The summed E-state index contributed by atoms with van der Waals surface area (Å²) in [5, 5.41) is 12.1. The molecule has 0 radical (unpaired) electrons. The molecule has 0 aromatic heterocycles. The van der Waals surface area contributed by atoms with Crippen LogP contribution in [0.1, 0.15) is 47.5 Å². The van der Waals surface area contributed by atoms with Crippen LogP contribution in [-0.4, -0.2) is 53.7 Å². The van der Waals surface area contributed by atoms with Crippen LogP contribution >= 0.6 is 0 Å². The maximum atomic E-state index is 13.6. The molecule has 1 aliphatic rings. The number of rotatable bonds is 6. The molecule has 136 valence electrons. The lowest BCUT2D eigenvalue weighted by Crippen LogP contribution is -2.52. The van der Waals surface area contributed by atoms with Crippen LogP contribution in [0.4, 0.5) is 4.39 Å². The summed E-state index contributed by atoms with van der Waals surface area (Å²) in [6.45, 7) is 8.95. The number of ether oxygens (including phenoxy) is 1. The largest absolute Gasteiger partial charge is 0.459 e. The van der Waals surface area contributed by atoms with Gasteiger partial charge in [0.25, 0.3) is 0 Å². The number of nitrogens with zero attached hydrogens (tertiary/aromatic N) is 2. The zero-order valence-electron chi connectivity index (χ0n) is 15.1. The summed E-state index contributed by atoms with van der Waals surface area (Å²) in [4.78, 5) is 25.9. The smallest absolute Gasteiger partial charge is 0.320 e. The van der Waals surface area contributed by atoms with Gasteiger partial charge in [0, 0.05) is 6.42 Å². The van der Waals surface area contributed by atoms with Gasteiger partial charge >= 0.3 is 5.97 Å². The third-order valence-electron chi connectivity index (χ3n) is 4.05. The van der Waals surface area contributed by atoms with Gasteiger partial charge < -0.3 is 9.64 Å². The van der Waals surface area contributed by atoms with Gasteiger partial charge in [-0.2, -0.15) is 5.26 Å². The fourth-order valence-electron chi connectivity index (χ4n) is 2.67. The predicted molar refractivity (Wildman–Crippen MR) is 87.7 cm³/mol. The van der Waals surface area contributed by atoms with E-state index >= 15 is 0 Å². The second-order valence-electron chi connectivity index (χ2n) is 7.30. The summed E-state index contributed by atoms with van der Waals surface area (Å²) in [5.74, 6) is -0.845. The third kappa shape index (κ3) is 5.75. The zero-order chi connectivity index (χ0) is 18.5. The number of amides is 1. The SMILES string of the molecule is CC[C@H](C)[C@H](NCC(=O)OC(C)(C)C)C(=O)N1C[C@@H](F)C[C@H]1C#N. The van der Waals surface area contributed by atoms with Crippen molar-refractivity contribution in [2.45, 2.75) is 71.3 Å². The van der Waals surface area contributed by atoms with Crippen LogP contribution in [0.25, 0.3) is 0 Å². The number of carbonyl (C=O) groups excluding carboxylic acids is 2. The van der Waals surface area contributed by atoms with Gasteiger partial charge in [0.15, 0.2) is 0 Å². The van der Waals surface area contributed by atoms with E-state index in [1.165, 1.54) is 4.90 Å². The maximum absolute atomic E-state index is 13.6. The average molecular weight is 341 g/mol. The number of carbonyl (C=O) groups is 2. The molecule has 1 saturated heterocycles. The first-order chi connectivity index (χ1) is 11.1. The number of nitrogens with one attached hydrogen (secondary N) is 1. The Labute approximate surface area is 143 Å². The molecule has 0 spiro atoms. The fourth-order valence-corrected chi connectivity index (χ4v) is 2.67. The summed E-state index contributed by atoms with van der Waals surface area (Å²) < 4.78 is 18.8. The first-order valence-electron chi connectivity index (χ1n) is 8.38. The normalized spacial score (nSPS) is 23.5. The second kappa shape index (κ2) is 8.43. The van der Waals surface area contributed by atoms with Crippen LogP contribution in [0.5, 0.6) is 0 Å². The predicted octanol–water partition coefficient (Wildman–Crippen LogP) is 1.79. The molecule has 0 bridgehead atoms. The van der Waals surface area contributed by atoms with Crippen molar-refractivity contribution in [1.29, 1.82) is 5.26 Å². The van der Waals surface area contributed by atoms with E-state index in [2.05, 4.69) is 5.32 Å². The lowest BCUT2D eigenvalue weighted by Gasteiger charge is -2.29. The molecule has 0 saturated carbocycles. The van der Waals surface area contributed by atoms with Crippen LogP contribution in [0.2, 0.25) is 0 Å². The van der Waals surface area contributed by atoms with Crippen LogP contribution in [0.15, 0.2) is 0 Å². The van der Waals surface area contributed by atoms with Crippen LogP contribution in [0.3, 0.4) is 0 Å². The van der Waals surface area contributed by atoms with E-state index in [-0.39, 0.29) is 31.3 Å². The molecule has 6 nitrogen and oxygen atoms in total. The number of alkyl halides is 1. The molecule has 0 unspecified atom stereocenters. The Bertz CT molecular complexity index is 498. The number of halogens is 1. The molecule has 7 heteroatoms. The molecule has 0 aliphatic carbocycles. The van der Waals surface area contributed by atoms with Gasteiger partial charge in [-0.1, -0.05) is 20.3 Å². The Morgan fingerprint density at radius 1 is 1.46 bits per heavy atom. The maximum Gasteiger partial charge on any atom is 0.320 e. The van der Waals surface area contributed by atoms with Gasteiger partial charge in [0.1, 0.15) is 17.8 Å². The van der Waals surface area contributed by atoms with Gasteiger partial charge in [-0.25, -0.2) is 4.39 Å². The van der Waals surface area contributed by atoms with Crippen molar-refractivity contribution in [2.75, 3.05) is 13.1 Å². The van der Waals surface area contributed by atoms with E-state index in [1.807, 2.05) is 19.9 Å². The van der Waals surface area contributed by atoms with Crippen molar-refractivity contribution in [2.24, 2.45) is 5.92 Å². The standard InChI is InChI=1S/C17H28FN3O3/c1-6-11(2)15(20-9-14(22)24-17(3,4)5)16(23)21-10-12(18)7-13(21)8-19/h11-13,15,20H,6-7,9-10H2,1-5H3/t11-,12-,13-,15-/m0/s1. The summed E-state index contributed by atoms with van der Waals surface area (Å²) in [5.41, 5.74) is -0.600. The van der Waals surface area contributed by atoms with E-state index in [9.17, 15) is 14.0 Å². The molecule has 1 aliphatic heterocycles. The Balaban J connectivity index is 2.77. The first kappa shape index (κ1) is 20.4. The first-order valence-corrected chi connectivity index (χ1v) is 8.38. The van der Waals surface area contributed by atoms with Gasteiger partial charge in [-0.3, -0.25) is 14.9 Å². The highest BCUT2D eigenvalue weighted by Crippen LogP contribution is 2.23. The molecular formula is C17H28FN3O3. The highest BCUT2D eigenvalue weighted by Gasteiger charge is 2.39. The summed E-state index contributed by atoms with van der Waals surface area (Å²) in [6, 6.07) is 0.582. The summed E-state index contributed by atoms with van der Waals surface area (Å²) in [7, 11) is 0. The second-order valence-corrected chi connectivity index (χ2v) is 7.30. The van der Waals surface area contributed by atoms with Crippen LogP contribution in [-0.2, 0) is 14.3 Å². The summed E-state index contributed by atoms with van der Waals surface area (Å²) >= 11 is 0. The molecule has 1 N–H and O–H groups in total. The highest BCUT2D eigenvalue weighted by molar-refractivity contribution is 5.84. The van der Waals surface area contributed by atoms with Gasteiger partial charge in [0.2, 0.25) is 5.91 Å². The molecule has 1 fully saturated rings. The van der Waals surface area contributed by atoms with Crippen molar-refractivity contribution in [3.8, 4) is 6.07 Å². The number of esters is 1. The van der Waals surface area contributed by atoms with Crippen molar-refractivity contribution in [3.05, 3.63) is 0 Å². The fraction of sp³-hybridized carbons (Fsp3) is 0.824. The molecule has 1 amide bonds. The number of nitriles is 1. The monoisotopic (exact) mass is 341 g/mol. The Morgan fingerprint density at radius 2 is 2.08 bits per heavy atom. The van der Waals surface area contributed by atoms with E-state index in [0.717, 1.165) is 0 Å². The van der Waals surface area contributed by atoms with Crippen molar-refractivity contribution in [3.63, 3.8) is 0 Å². The van der Waals surface area contributed by atoms with Gasteiger partial charge in [-0.05, 0) is 26.7 Å². The quantitative estimate of drug-likeness (QED) is 0.745. The topological polar surface area (TPSA) is 82.4 Å². The van der Waals surface area contributed by atoms with Gasteiger partial charge in [-0.15, -0.1) is 0 Å². The van der Waals surface area contributed by atoms with Crippen molar-refractivity contribution >= 4 is 11.9 Å². The van der Waals surface area contributed by atoms with E-state index in [0.29, 0.717) is 6.42 Å². The molecule has 24 heavy (non-hydrogen) atoms. The molecule has 4 atom stereocenters. The molecular weight excluding hydrogens is 313 g/mol. The minimum Gasteiger partial charge on any atom is -0.459 e. The van der Waals surface area contributed by atoms with Gasteiger partial charge in [0.05, 0.1) is 25.2 Å². The minimum absolute atomic E-state index is 0.0432. The zero-order valence-corrected chi connectivity index (χ0v) is 15.1. The minimum atomic E-state index is -1.18. The Kier molecular flexibility index (Phi) is 7.15. The Hall–Kier alpha value is -1.68.